The molecule has 1 aliphatic heterocycles. The van der Waals surface area contributed by atoms with Gasteiger partial charge in [0, 0.05) is 25.7 Å². The lowest BCUT2D eigenvalue weighted by molar-refractivity contribution is -0.130. The molecular formula is C13H18N4O2. The Kier molecular flexibility index (Phi) is 4.09. The molecule has 19 heavy (non-hydrogen) atoms. The summed E-state index contributed by atoms with van der Waals surface area (Å²) in [6.45, 7) is 3.19. The standard InChI is InChI=1S/C13H18N4O2/c1-9(18)17-4-2-3-10(7-17)5-11-6-12(13(14)19)16-8-15-11/h6,8,10H,2-5,7H2,1H3,(H2,14,19)/t10-/m1/s1. The van der Waals surface area contributed by atoms with Crippen molar-refractivity contribution in [2.75, 3.05) is 13.1 Å². The zero-order valence-electron chi connectivity index (χ0n) is 11.0. The van der Waals surface area contributed by atoms with Crippen LogP contribution >= 0.6 is 0 Å². The van der Waals surface area contributed by atoms with Gasteiger partial charge in [0.2, 0.25) is 5.91 Å². The molecule has 0 bridgehead atoms. The van der Waals surface area contributed by atoms with Crippen LogP contribution in [0.2, 0.25) is 0 Å². The van der Waals surface area contributed by atoms with Gasteiger partial charge in [0.05, 0.1) is 0 Å². The molecule has 0 aliphatic carbocycles. The predicted octanol–water partition coefficient (Wildman–Crippen LogP) is 0.377. The van der Waals surface area contributed by atoms with Gasteiger partial charge in [-0.3, -0.25) is 9.59 Å². The molecule has 6 heteroatoms. The highest BCUT2D eigenvalue weighted by atomic mass is 16.2. The summed E-state index contributed by atoms with van der Waals surface area (Å²) in [7, 11) is 0. The van der Waals surface area contributed by atoms with Gasteiger partial charge >= 0.3 is 0 Å². The number of likely N-dealkylation sites (tertiary alicyclic amines) is 1. The van der Waals surface area contributed by atoms with E-state index < -0.39 is 5.91 Å². The van der Waals surface area contributed by atoms with Crippen LogP contribution in [0.25, 0.3) is 0 Å². The first kappa shape index (κ1) is 13.5. The molecule has 1 atom stereocenters. The maximum atomic E-state index is 11.4. The van der Waals surface area contributed by atoms with E-state index in [1.54, 1.807) is 13.0 Å². The molecule has 1 aromatic rings. The maximum Gasteiger partial charge on any atom is 0.267 e. The van der Waals surface area contributed by atoms with E-state index in [1.165, 1.54) is 6.33 Å². The largest absolute Gasteiger partial charge is 0.364 e. The van der Waals surface area contributed by atoms with Crippen molar-refractivity contribution < 1.29 is 9.59 Å². The van der Waals surface area contributed by atoms with E-state index in [2.05, 4.69) is 9.97 Å². The summed E-state index contributed by atoms with van der Waals surface area (Å²) < 4.78 is 0. The molecule has 102 valence electrons. The molecule has 2 heterocycles. The van der Waals surface area contributed by atoms with Crippen LogP contribution in [0.4, 0.5) is 0 Å². The minimum absolute atomic E-state index is 0.116. The fourth-order valence-electron chi connectivity index (χ4n) is 2.46. The lowest BCUT2D eigenvalue weighted by Gasteiger charge is -2.31. The summed E-state index contributed by atoms with van der Waals surface area (Å²) in [5, 5.41) is 0. The van der Waals surface area contributed by atoms with Gasteiger partial charge in [0.25, 0.3) is 5.91 Å². The molecule has 1 aliphatic rings. The van der Waals surface area contributed by atoms with Crippen LogP contribution in [0.1, 0.15) is 35.9 Å². The molecule has 0 saturated carbocycles. The van der Waals surface area contributed by atoms with Crippen LogP contribution in [0.15, 0.2) is 12.4 Å². The third kappa shape index (κ3) is 3.49. The number of amides is 2. The molecule has 0 spiro atoms. The molecule has 0 radical (unpaired) electrons. The Bertz CT molecular complexity index is 489. The number of piperidine rings is 1. The third-order valence-corrected chi connectivity index (χ3v) is 3.44. The van der Waals surface area contributed by atoms with Crippen LogP contribution in [-0.4, -0.2) is 39.8 Å². The van der Waals surface area contributed by atoms with Gasteiger partial charge in [-0.2, -0.15) is 0 Å². The molecule has 6 nitrogen and oxygen atoms in total. The Labute approximate surface area is 112 Å². The van der Waals surface area contributed by atoms with E-state index in [-0.39, 0.29) is 11.6 Å². The predicted molar refractivity (Wildman–Crippen MR) is 69.2 cm³/mol. The van der Waals surface area contributed by atoms with Crippen molar-refractivity contribution in [3.05, 3.63) is 23.8 Å². The summed E-state index contributed by atoms with van der Waals surface area (Å²) in [5.41, 5.74) is 6.24. The molecule has 1 fully saturated rings. The maximum absolute atomic E-state index is 11.4. The second kappa shape index (κ2) is 5.77. The van der Waals surface area contributed by atoms with Gasteiger partial charge in [-0.1, -0.05) is 0 Å². The quantitative estimate of drug-likeness (QED) is 0.852. The van der Waals surface area contributed by atoms with Crippen LogP contribution in [0.5, 0.6) is 0 Å². The second-order valence-corrected chi connectivity index (χ2v) is 4.94. The van der Waals surface area contributed by atoms with Crippen LogP contribution < -0.4 is 5.73 Å². The van der Waals surface area contributed by atoms with E-state index in [1.807, 2.05) is 4.90 Å². The van der Waals surface area contributed by atoms with E-state index in [0.717, 1.165) is 38.0 Å². The van der Waals surface area contributed by atoms with Gasteiger partial charge in [0.15, 0.2) is 0 Å². The molecule has 0 aromatic carbocycles. The number of rotatable bonds is 3. The average Bonchev–Trinajstić information content (AvgIpc) is 2.39. The third-order valence-electron chi connectivity index (χ3n) is 3.44. The van der Waals surface area contributed by atoms with Crippen molar-refractivity contribution in [2.45, 2.75) is 26.2 Å². The van der Waals surface area contributed by atoms with Crippen molar-refractivity contribution in [3.8, 4) is 0 Å². The number of hydrogen-bond donors (Lipinski definition) is 1. The first-order valence-corrected chi connectivity index (χ1v) is 6.42. The Morgan fingerprint density at radius 2 is 2.26 bits per heavy atom. The lowest BCUT2D eigenvalue weighted by Crippen LogP contribution is -2.39. The average molecular weight is 262 g/mol. The highest BCUT2D eigenvalue weighted by molar-refractivity contribution is 5.90. The van der Waals surface area contributed by atoms with Crippen LogP contribution in [0.3, 0.4) is 0 Å². The molecule has 1 aromatic heterocycles. The molecule has 2 rings (SSSR count). The number of carbonyl (C=O) groups excluding carboxylic acids is 2. The lowest BCUT2D eigenvalue weighted by atomic mass is 9.93. The number of aromatic nitrogens is 2. The van der Waals surface area contributed by atoms with Crippen LogP contribution in [-0.2, 0) is 11.2 Å². The van der Waals surface area contributed by atoms with Crippen LogP contribution in [0, 0.1) is 5.92 Å². The van der Waals surface area contributed by atoms with Crippen molar-refractivity contribution in [3.63, 3.8) is 0 Å². The van der Waals surface area contributed by atoms with Crippen molar-refractivity contribution in [1.29, 1.82) is 0 Å². The molecule has 2 amide bonds. The number of hydrogen-bond acceptors (Lipinski definition) is 4. The summed E-state index contributed by atoms with van der Waals surface area (Å²) in [5.74, 6) is -0.0452. The van der Waals surface area contributed by atoms with Gasteiger partial charge in [-0.25, -0.2) is 9.97 Å². The molecule has 0 unspecified atom stereocenters. The summed E-state index contributed by atoms with van der Waals surface area (Å²) in [4.78, 5) is 32.3. The second-order valence-electron chi connectivity index (χ2n) is 4.94. The Morgan fingerprint density at radius 1 is 1.47 bits per heavy atom. The van der Waals surface area contributed by atoms with Gasteiger partial charge in [0.1, 0.15) is 12.0 Å². The number of primary amides is 1. The van der Waals surface area contributed by atoms with E-state index in [0.29, 0.717) is 5.92 Å². The fourth-order valence-corrected chi connectivity index (χ4v) is 2.46. The Balaban J connectivity index is 2.02. The fraction of sp³-hybridized carbons (Fsp3) is 0.538. The van der Waals surface area contributed by atoms with E-state index in [4.69, 9.17) is 5.73 Å². The zero-order chi connectivity index (χ0) is 13.8. The normalized spacial score (nSPS) is 19.2. The number of nitrogens with zero attached hydrogens (tertiary/aromatic N) is 3. The molecule has 1 saturated heterocycles. The van der Waals surface area contributed by atoms with E-state index >= 15 is 0 Å². The van der Waals surface area contributed by atoms with Gasteiger partial charge in [-0.05, 0) is 31.2 Å². The smallest absolute Gasteiger partial charge is 0.267 e. The zero-order valence-corrected chi connectivity index (χ0v) is 11.0. The summed E-state index contributed by atoms with van der Waals surface area (Å²) in [6.07, 6.45) is 4.19. The topological polar surface area (TPSA) is 89.2 Å². The first-order chi connectivity index (χ1) is 9.06. The number of carbonyl (C=O) groups is 2. The Hall–Kier alpha value is -1.98. The van der Waals surface area contributed by atoms with Crippen molar-refractivity contribution in [2.24, 2.45) is 11.7 Å². The van der Waals surface area contributed by atoms with Gasteiger partial charge in [-0.15, -0.1) is 0 Å². The summed E-state index contributed by atoms with van der Waals surface area (Å²) in [6, 6.07) is 1.63. The van der Waals surface area contributed by atoms with Gasteiger partial charge < -0.3 is 10.6 Å². The van der Waals surface area contributed by atoms with Crippen molar-refractivity contribution >= 4 is 11.8 Å². The van der Waals surface area contributed by atoms with Crippen molar-refractivity contribution in [1.82, 2.24) is 14.9 Å². The minimum atomic E-state index is -0.544. The highest BCUT2D eigenvalue weighted by Crippen LogP contribution is 2.20. The first-order valence-electron chi connectivity index (χ1n) is 6.42. The highest BCUT2D eigenvalue weighted by Gasteiger charge is 2.22. The minimum Gasteiger partial charge on any atom is -0.364 e. The molecule has 2 N–H and O–H groups in total. The Morgan fingerprint density at radius 3 is 2.95 bits per heavy atom. The summed E-state index contributed by atoms with van der Waals surface area (Å²) >= 11 is 0. The molecular weight excluding hydrogens is 244 g/mol. The van der Waals surface area contributed by atoms with E-state index in [9.17, 15) is 9.59 Å². The SMILES string of the molecule is CC(=O)N1CCC[C@H](Cc2cc(C(N)=O)ncn2)C1. The monoisotopic (exact) mass is 262 g/mol. The number of nitrogens with two attached hydrogens (primary N) is 1.